The van der Waals surface area contributed by atoms with Crippen LogP contribution in [0.5, 0.6) is 0 Å². The van der Waals surface area contributed by atoms with Crippen LogP contribution < -0.4 is 10.6 Å². The number of aromatic nitrogens is 1. The van der Waals surface area contributed by atoms with Crippen molar-refractivity contribution < 1.29 is 4.92 Å². The second-order valence-corrected chi connectivity index (χ2v) is 5.67. The van der Waals surface area contributed by atoms with E-state index in [0.717, 1.165) is 25.9 Å². The van der Waals surface area contributed by atoms with Gasteiger partial charge in [0.2, 0.25) is 0 Å². The van der Waals surface area contributed by atoms with Gasteiger partial charge in [0.1, 0.15) is 11.9 Å². The Kier molecular flexibility index (Phi) is 4.71. The van der Waals surface area contributed by atoms with E-state index in [1.165, 1.54) is 6.20 Å². The third-order valence-corrected chi connectivity index (χ3v) is 4.09. The summed E-state index contributed by atoms with van der Waals surface area (Å²) in [4.78, 5) is 14.5. The molecule has 1 aromatic heterocycles. The van der Waals surface area contributed by atoms with Crippen LogP contribution >= 0.6 is 15.9 Å². The fourth-order valence-corrected chi connectivity index (χ4v) is 2.79. The largest absolute Gasteiger partial charge is 0.376 e. The summed E-state index contributed by atoms with van der Waals surface area (Å²) in [7, 11) is 0. The van der Waals surface area contributed by atoms with Crippen LogP contribution in [0, 0.1) is 16.0 Å². The zero-order valence-corrected chi connectivity index (χ0v) is 12.3. The summed E-state index contributed by atoms with van der Waals surface area (Å²) in [5.41, 5.74) is 0.517. The van der Waals surface area contributed by atoms with E-state index < -0.39 is 4.92 Å². The third kappa shape index (κ3) is 3.42. The number of halogens is 1. The minimum atomic E-state index is -0.411. The molecule has 0 bridgehead atoms. The molecule has 19 heavy (non-hydrogen) atoms. The average molecular weight is 329 g/mol. The first kappa shape index (κ1) is 14.2. The van der Waals surface area contributed by atoms with Crippen molar-refractivity contribution in [3.63, 3.8) is 0 Å². The Labute approximate surface area is 120 Å². The number of pyridine rings is 1. The molecule has 0 amide bonds. The Morgan fingerprint density at radius 1 is 1.63 bits per heavy atom. The molecule has 7 heteroatoms. The molecule has 1 aliphatic rings. The Morgan fingerprint density at radius 3 is 3.05 bits per heavy atom. The Balaban J connectivity index is 2.15. The first-order valence-electron chi connectivity index (χ1n) is 6.34. The monoisotopic (exact) mass is 328 g/mol. The number of nitro groups is 1. The quantitative estimate of drug-likeness (QED) is 0.655. The molecule has 0 saturated carbocycles. The van der Waals surface area contributed by atoms with Gasteiger partial charge < -0.3 is 10.6 Å². The van der Waals surface area contributed by atoms with Gasteiger partial charge in [0.25, 0.3) is 0 Å². The highest BCUT2D eigenvalue weighted by atomic mass is 79.9. The van der Waals surface area contributed by atoms with Gasteiger partial charge in [-0.3, -0.25) is 15.1 Å². The minimum absolute atomic E-state index is 0.00462. The van der Waals surface area contributed by atoms with E-state index >= 15 is 0 Å². The summed E-state index contributed by atoms with van der Waals surface area (Å²) in [6.45, 7) is 4.07. The molecule has 2 atom stereocenters. The maximum Gasteiger partial charge on any atom is 0.311 e. The summed E-state index contributed by atoms with van der Waals surface area (Å²) in [6.07, 6.45) is 5.13. The van der Waals surface area contributed by atoms with Gasteiger partial charge in [-0.05, 0) is 54.7 Å². The zero-order chi connectivity index (χ0) is 13.8. The SMILES string of the molecule is CC(Nc1c(Br)cncc1[N+](=O)[O-])C1CCCNC1. The number of nitrogens with one attached hydrogen (secondary N) is 2. The molecule has 1 aliphatic heterocycles. The van der Waals surface area contributed by atoms with Gasteiger partial charge >= 0.3 is 5.69 Å². The van der Waals surface area contributed by atoms with Crippen LogP contribution in [0.2, 0.25) is 0 Å². The van der Waals surface area contributed by atoms with Crippen molar-refractivity contribution in [3.8, 4) is 0 Å². The first-order valence-corrected chi connectivity index (χ1v) is 7.14. The lowest BCUT2D eigenvalue weighted by Gasteiger charge is -2.29. The summed E-state index contributed by atoms with van der Waals surface area (Å²) in [6, 6.07) is 0.171. The molecule has 1 fully saturated rings. The van der Waals surface area contributed by atoms with Gasteiger partial charge in [0.15, 0.2) is 0 Å². The fraction of sp³-hybridized carbons (Fsp3) is 0.583. The van der Waals surface area contributed by atoms with E-state index in [9.17, 15) is 10.1 Å². The third-order valence-electron chi connectivity index (χ3n) is 3.49. The van der Waals surface area contributed by atoms with Crippen molar-refractivity contribution in [2.75, 3.05) is 18.4 Å². The van der Waals surface area contributed by atoms with E-state index in [2.05, 4.69) is 38.5 Å². The van der Waals surface area contributed by atoms with Gasteiger partial charge in [-0.2, -0.15) is 0 Å². The van der Waals surface area contributed by atoms with Crippen LogP contribution in [0.15, 0.2) is 16.9 Å². The summed E-state index contributed by atoms with van der Waals surface area (Å²) >= 11 is 3.32. The van der Waals surface area contributed by atoms with Crippen LogP contribution in [-0.4, -0.2) is 29.0 Å². The molecule has 0 aromatic carbocycles. The highest BCUT2D eigenvalue weighted by Gasteiger charge is 2.24. The Bertz CT molecular complexity index is 463. The maximum atomic E-state index is 11.0. The lowest BCUT2D eigenvalue weighted by molar-refractivity contribution is -0.384. The van der Waals surface area contributed by atoms with Gasteiger partial charge in [-0.15, -0.1) is 0 Å². The molecule has 2 heterocycles. The molecule has 0 spiro atoms. The van der Waals surface area contributed by atoms with E-state index in [1.54, 1.807) is 6.20 Å². The number of hydrogen-bond donors (Lipinski definition) is 2. The van der Waals surface area contributed by atoms with Crippen molar-refractivity contribution in [2.24, 2.45) is 5.92 Å². The highest BCUT2D eigenvalue weighted by Crippen LogP contribution is 2.32. The minimum Gasteiger partial charge on any atom is -0.376 e. The predicted molar refractivity (Wildman–Crippen MR) is 77.3 cm³/mol. The lowest BCUT2D eigenvalue weighted by atomic mass is 9.92. The number of anilines is 1. The van der Waals surface area contributed by atoms with Gasteiger partial charge in [0, 0.05) is 12.2 Å². The topological polar surface area (TPSA) is 80.1 Å². The molecule has 2 unspecified atom stereocenters. The van der Waals surface area contributed by atoms with Crippen molar-refractivity contribution in [1.29, 1.82) is 0 Å². The normalized spacial score (nSPS) is 20.8. The van der Waals surface area contributed by atoms with Crippen LogP contribution in [0.25, 0.3) is 0 Å². The highest BCUT2D eigenvalue weighted by molar-refractivity contribution is 9.10. The smallest absolute Gasteiger partial charge is 0.311 e. The van der Waals surface area contributed by atoms with Crippen LogP contribution in [0.1, 0.15) is 19.8 Å². The molecular weight excluding hydrogens is 312 g/mol. The molecule has 2 N–H and O–H groups in total. The number of hydrogen-bond acceptors (Lipinski definition) is 5. The van der Waals surface area contributed by atoms with E-state index in [1.807, 2.05) is 0 Å². The summed E-state index contributed by atoms with van der Waals surface area (Å²) in [5, 5.41) is 17.6. The van der Waals surface area contributed by atoms with Crippen LogP contribution in [0.3, 0.4) is 0 Å². The molecule has 1 saturated heterocycles. The standard InChI is InChI=1S/C12H17BrN4O2/c1-8(9-3-2-4-14-5-9)16-12-10(13)6-15-7-11(12)17(18)19/h6-9,14H,2-5H2,1H3,(H,15,16). The molecule has 6 nitrogen and oxygen atoms in total. The summed E-state index contributed by atoms with van der Waals surface area (Å²) < 4.78 is 0.623. The predicted octanol–water partition coefficient (Wildman–Crippen LogP) is 2.55. The maximum absolute atomic E-state index is 11.0. The Morgan fingerprint density at radius 2 is 2.42 bits per heavy atom. The number of rotatable bonds is 4. The van der Waals surface area contributed by atoms with Crippen molar-refractivity contribution in [1.82, 2.24) is 10.3 Å². The number of nitrogens with zero attached hydrogens (tertiary/aromatic N) is 2. The zero-order valence-electron chi connectivity index (χ0n) is 10.7. The molecule has 0 radical (unpaired) electrons. The van der Waals surface area contributed by atoms with Crippen molar-refractivity contribution >= 4 is 27.3 Å². The van der Waals surface area contributed by atoms with E-state index in [-0.39, 0.29) is 11.7 Å². The molecule has 1 aromatic rings. The van der Waals surface area contributed by atoms with Gasteiger partial charge in [-0.1, -0.05) is 0 Å². The van der Waals surface area contributed by atoms with Crippen molar-refractivity contribution in [3.05, 3.63) is 27.0 Å². The second kappa shape index (κ2) is 6.29. The average Bonchev–Trinajstić information content (AvgIpc) is 2.41. The first-order chi connectivity index (χ1) is 9.09. The second-order valence-electron chi connectivity index (χ2n) is 4.81. The van der Waals surface area contributed by atoms with Gasteiger partial charge in [-0.25, -0.2) is 0 Å². The van der Waals surface area contributed by atoms with Crippen molar-refractivity contribution in [2.45, 2.75) is 25.8 Å². The fourth-order valence-electron chi connectivity index (χ4n) is 2.36. The molecular formula is C12H17BrN4O2. The van der Waals surface area contributed by atoms with Gasteiger partial charge in [0.05, 0.1) is 9.40 Å². The van der Waals surface area contributed by atoms with E-state index in [0.29, 0.717) is 16.1 Å². The number of piperidine rings is 1. The van der Waals surface area contributed by atoms with Crippen LogP contribution in [-0.2, 0) is 0 Å². The van der Waals surface area contributed by atoms with Crippen LogP contribution in [0.4, 0.5) is 11.4 Å². The molecule has 104 valence electrons. The Hall–Kier alpha value is -1.21. The van der Waals surface area contributed by atoms with E-state index in [4.69, 9.17) is 0 Å². The molecule has 2 rings (SSSR count). The summed E-state index contributed by atoms with van der Waals surface area (Å²) in [5.74, 6) is 0.480. The molecule has 0 aliphatic carbocycles. The lowest BCUT2D eigenvalue weighted by Crippen LogP contribution is -2.38.